The van der Waals surface area contributed by atoms with Crippen molar-refractivity contribution >= 4 is 5.57 Å². The molecule has 0 spiro atoms. The van der Waals surface area contributed by atoms with E-state index >= 15 is 0 Å². The molecule has 17 heavy (non-hydrogen) atoms. The summed E-state index contributed by atoms with van der Waals surface area (Å²) in [6.45, 7) is 2.57. The van der Waals surface area contributed by atoms with E-state index in [0.717, 1.165) is 17.1 Å². The Bertz CT molecular complexity index is 537. The van der Waals surface area contributed by atoms with E-state index in [1.54, 1.807) is 0 Å². The average molecular weight is 226 g/mol. The van der Waals surface area contributed by atoms with Gasteiger partial charge in [0.2, 0.25) is 0 Å². The van der Waals surface area contributed by atoms with E-state index in [-0.39, 0.29) is 6.10 Å². The van der Waals surface area contributed by atoms with Crippen LogP contribution in [0.3, 0.4) is 0 Å². The Morgan fingerprint density at radius 1 is 1.06 bits per heavy atom. The van der Waals surface area contributed by atoms with E-state index in [1.807, 2.05) is 37.3 Å². The lowest BCUT2D eigenvalue weighted by atomic mass is 10.1. The number of hydrogen-bond acceptors (Lipinski definition) is 2. The van der Waals surface area contributed by atoms with Crippen LogP contribution in [0.2, 0.25) is 0 Å². The Morgan fingerprint density at radius 3 is 2.59 bits per heavy atom. The number of rotatable bonds is 2. The third kappa shape index (κ3) is 2.04. The quantitative estimate of drug-likeness (QED) is 0.778. The number of aryl methyl sites for hydroxylation is 1. The van der Waals surface area contributed by atoms with Gasteiger partial charge in [0, 0.05) is 5.57 Å². The molecule has 2 nitrogen and oxygen atoms in total. The highest BCUT2D eigenvalue weighted by atomic mass is 16.5. The molecule has 0 aliphatic carbocycles. The van der Waals surface area contributed by atoms with Crippen LogP contribution in [0, 0.1) is 6.92 Å². The minimum Gasteiger partial charge on any atom is -0.462 e. The second kappa shape index (κ2) is 4.22. The maximum Gasteiger partial charge on any atom is 0.132 e. The summed E-state index contributed by atoms with van der Waals surface area (Å²) in [6.07, 6.45) is 2.18. The summed E-state index contributed by atoms with van der Waals surface area (Å²) in [5.41, 5.74) is 2.32. The van der Waals surface area contributed by atoms with Gasteiger partial charge in [-0.1, -0.05) is 30.3 Å². The molecule has 0 saturated heterocycles. The third-order valence-electron chi connectivity index (χ3n) is 2.96. The minimum absolute atomic E-state index is 0.0524. The predicted molar refractivity (Wildman–Crippen MR) is 66.6 cm³/mol. The fourth-order valence-corrected chi connectivity index (χ4v) is 2.05. The molecule has 2 heterocycles. The van der Waals surface area contributed by atoms with Crippen LogP contribution in [0.1, 0.15) is 23.2 Å². The standard InChI is InChI=1S/C15H14O2/c1-11-7-8-14(17-11)13-9-15(16-10-13)12-5-3-2-4-6-12/h2-9,15H,10H2,1H3. The monoisotopic (exact) mass is 226 g/mol. The Labute approximate surface area is 101 Å². The molecule has 0 bridgehead atoms. The van der Waals surface area contributed by atoms with Gasteiger partial charge in [-0.05, 0) is 30.7 Å². The first kappa shape index (κ1) is 10.4. The second-order valence-corrected chi connectivity index (χ2v) is 4.24. The SMILES string of the molecule is Cc1ccc(C2=CC(c3ccccc3)OC2)o1. The normalized spacial score (nSPS) is 19.4. The molecule has 1 aliphatic heterocycles. The lowest BCUT2D eigenvalue weighted by molar-refractivity contribution is 0.131. The highest BCUT2D eigenvalue weighted by molar-refractivity contribution is 5.65. The summed E-state index contributed by atoms with van der Waals surface area (Å²) in [5, 5.41) is 0. The topological polar surface area (TPSA) is 22.4 Å². The van der Waals surface area contributed by atoms with Crippen LogP contribution >= 0.6 is 0 Å². The van der Waals surface area contributed by atoms with E-state index in [1.165, 1.54) is 5.56 Å². The van der Waals surface area contributed by atoms with Crippen LogP contribution in [0.4, 0.5) is 0 Å². The van der Waals surface area contributed by atoms with E-state index in [2.05, 4.69) is 18.2 Å². The molecular weight excluding hydrogens is 212 g/mol. The lowest BCUT2D eigenvalue weighted by Gasteiger charge is -2.06. The van der Waals surface area contributed by atoms with E-state index < -0.39 is 0 Å². The largest absolute Gasteiger partial charge is 0.462 e. The van der Waals surface area contributed by atoms with Crippen molar-refractivity contribution in [2.24, 2.45) is 0 Å². The molecule has 2 heteroatoms. The number of furan rings is 1. The highest BCUT2D eigenvalue weighted by Gasteiger charge is 2.20. The Kier molecular flexibility index (Phi) is 2.57. The molecule has 1 aromatic carbocycles. The van der Waals surface area contributed by atoms with Crippen molar-refractivity contribution in [1.29, 1.82) is 0 Å². The Morgan fingerprint density at radius 2 is 1.88 bits per heavy atom. The lowest BCUT2D eigenvalue weighted by Crippen LogP contribution is -1.94. The zero-order valence-electron chi connectivity index (χ0n) is 9.72. The van der Waals surface area contributed by atoms with Crippen LogP contribution < -0.4 is 0 Å². The molecule has 0 saturated carbocycles. The molecule has 0 fully saturated rings. The fourth-order valence-electron chi connectivity index (χ4n) is 2.05. The Balaban J connectivity index is 1.86. The molecule has 1 aromatic heterocycles. The summed E-state index contributed by atoms with van der Waals surface area (Å²) in [5.74, 6) is 1.85. The number of benzene rings is 1. The molecule has 0 N–H and O–H groups in total. The van der Waals surface area contributed by atoms with Gasteiger partial charge in [0.1, 0.15) is 17.6 Å². The van der Waals surface area contributed by atoms with Crippen molar-refractivity contribution in [2.45, 2.75) is 13.0 Å². The molecule has 86 valence electrons. The highest BCUT2D eigenvalue weighted by Crippen LogP contribution is 2.32. The molecule has 1 atom stereocenters. The summed E-state index contributed by atoms with van der Waals surface area (Å²) >= 11 is 0. The third-order valence-corrected chi connectivity index (χ3v) is 2.96. The van der Waals surface area contributed by atoms with Crippen molar-refractivity contribution in [3.05, 3.63) is 65.6 Å². The summed E-state index contributed by atoms with van der Waals surface area (Å²) in [4.78, 5) is 0. The van der Waals surface area contributed by atoms with E-state index in [4.69, 9.17) is 9.15 Å². The summed E-state index contributed by atoms with van der Waals surface area (Å²) in [7, 11) is 0. The maximum absolute atomic E-state index is 5.76. The molecule has 0 amide bonds. The van der Waals surface area contributed by atoms with Crippen molar-refractivity contribution in [3.63, 3.8) is 0 Å². The molecule has 0 radical (unpaired) electrons. The van der Waals surface area contributed by atoms with Crippen LogP contribution in [0.15, 0.2) is 53.0 Å². The Hall–Kier alpha value is -1.80. The van der Waals surface area contributed by atoms with Gasteiger partial charge in [0.25, 0.3) is 0 Å². The van der Waals surface area contributed by atoms with Crippen molar-refractivity contribution < 1.29 is 9.15 Å². The predicted octanol–water partition coefficient (Wildman–Crippen LogP) is 3.74. The zero-order chi connectivity index (χ0) is 11.7. The molecule has 2 aromatic rings. The number of hydrogen-bond donors (Lipinski definition) is 0. The van der Waals surface area contributed by atoms with Crippen molar-refractivity contribution in [2.75, 3.05) is 6.61 Å². The first-order valence-corrected chi connectivity index (χ1v) is 5.77. The molecule has 3 rings (SSSR count). The van der Waals surface area contributed by atoms with E-state index in [9.17, 15) is 0 Å². The first-order chi connectivity index (χ1) is 8.33. The van der Waals surface area contributed by atoms with Crippen LogP contribution in [-0.2, 0) is 4.74 Å². The van der Waals surface area contributed by atoms with Crippen molar-refractivity contribution in [3.8, 4) is 0 Å². The molecule has 1 aliphatic rings. The van der Waals surface area contributed by atoms with Gasteiger partial charge in [-0.25, -0.2) is 0 Å². The van der Waals surface area contributed by atoms with Crippen molar-refractivity contribution in [1.82, 2.24) is 0 Å². The van der Waals surface area contributed by atoms with Gasteiger partial charge in [-0.15, -0.1) is 0 Å². The molecular formula is C15H14O2. The van der Waals surface area contributed by atoms with Crippen LogP contribution in [0.25, 0.3) is 5.57 Å². The summed E-state index contributed by atoms with van der Waals surface area (Å²) < 4.78 is 11.4. The fraction of sp³-hybridized carbons (Fsp3) is 0.200. The molecule has 1 unspecified atom stereocenters. The minimum atomic E-state index is 0.0524. The first-order valence-electron chi connectivity index (χ1n) is 5.77. The van der Waals surface area contributed by atoms with E-state index in [0.29, 0.717) is 6.61 Å². The van der Waals surface area contributed by atoms with Crippen LogP contribution in [0.5, 0.6) is 0 Å². The van der Waals surface area contributed by atoms with Gasteiger partial charge in [-0.3, -0.25) is 0 Å². The number of ether oxygens (including phenoxy) is 1. The zero-order valence-corrected chi connectivity index (χ0v) is 9.72. The maximum atomic E-state index is 5.76. The van der Waals surface area contributed by atoms with Crippen LogP contribution in [-0.4, -0.2) is 6.61 Å². The van der Waals surface area contributed by atoms with Gasteiger partial charge in [0.05, 0.1) is 6.61 Å². The van der Waals surface area contributed by atoms with Gasteiger partial charge in [0.15, 0.2) is 0 Å². The summed E-state index contributed by atoms with van der Waals surface area (Å²) in [6, 6.07) is 14.2. The average Bonchev–Trinajstić information content (AvgIpc) is 2.98. The van der Waals surface area contributed by atoms with Gasteiger partial charge < -0.3 is 9.15 Å². The smallest absolute Gasteiger partial charge is 0.132 e. The van der Waals surface area contributed by atoms with Gasteiger partial charge >= 0.3 is 0 Å². The van der Waals surface area contributed by atoms with Gasteiger partial charge in [-0.2, -0.15) is 0 Å². The second-order valence-electron chi connectivity index (χ2n) is 4.24.